The van der Waals surface area contributed by atoms with E-state index in [9.17, 15) is 0 Å². The number of aliphatic imine (C=N–C) groups is 2. The summed E-state index contributed by atoms with van der Waals surface area (Å²) in [7, 11) is 0. The van der Waals surface area contributed by atoms with Gasteiger partial charge >= 0.3 is 0 Å². The van der Waals surface area contributed by atoms with Gasteiger partial charge in [0.05, 0.1) is 11.9 Å². The van der Waals surface area contributed by atoms with Gasteiger partial charge in [-0.15, -0.1) is 0 Å². The fourth-order valence-electron chi connectivity index (χ4n) is 4.39. The minimum atomic E-state index is -0.131. The Morgan fingerprint density at radius 2 is 1.76 bits per heavy atom. The molecule has 5 nitrogen and oxygen atoms in total. The molecule has 0 saturated heterocycles. The van der Waals surface area contributed by atoms with Crippen LogP contribution in [0.5, 0.6) is 0 Å². The van der Waals surface area contributed by atoms with Gasteiger partial charge < -0.3 is 11.1 Å². The second kappa shape index (κ2) is 18.8. The van der Waals surface area contributed by atoms with Gasteiger partial charge in [-0.05, 0) is 43.9 Å². The topological polar surface area (TPSA) is 86.6 Å². The predicted octanol–water partition coefficient (Wildman–Crippen LogP) is 7.09. The van der Waals surface area contributed by atoms with Crippen molar-refractivity contribution in [1.29, 1.82) is 5.26 Å². The Labute approximate surface area is 214 Å². The molecular weight excluding hydrogens is 438 g/mol. The Bertz CT molecular complexity index is 677. The summed E-state index contributed by atoms with van der Waals surface area (Å²) in [5.74, 6) is 5.64. The molecule has 0 spiro atoms. The largest absolute Gasteiger partial charge is 0.385 e. The number of thioether (sulfide) groups is 1. The van der Waals surface area contributed by atoms with Crippen LogP contribution >= 0.6 is 11.8 Å². The van der Waals surface area contributed by atoms with E-state index in [-0.39, 0.29) is 6.04 Å². The number of rotatable bonds is 18. The molecule has 0 aromatic heterocycles. The zero-order chi connectivity index (χ0) is 25.2. The molecule has 0 fully saturated rings. The van der Waals surface area contributed by atoms with Crippen molar-refractivity contribution in [3.05, 3.63) is 11.6 Å². The Balaban J connectivity index is 2.19. The number of hydrogen-bond donors (Lipinski definition) is 2. The van der Waals surface area contributed by atoms with Crippen LogP contribution in [-0.4, -0.2) is 35.8 Å². The predicted molar refractivity (Wildman–Crippen MR) is 151 cm³/mol. The molecular formula is C28H51N5S. The van der Waals surface area contributed by atoms with E-state index in [4.69, 9.17) is 11.0 Å². The molecule has 0 aromatic rings. The summed E-state index contributed by atoms with van der Waals surface area (Å²) in [6, 6.07) is -0.131. The summed E-state index contributed by atoms with van der Waals surface area (Å²) in [5.41, 5.74) is 7.48. The van der Waals surface area contributed by atoms with Crippen molar-refractivity contribution in [1.82, 2.24) is 5.32 Å². The third-order valence-corrected chi connectivity index (χ3v) is 7.70. The lowest BCUT2D eigenvalue weighted by molar-refractivity contribution is 0.389. The summed E-state index contributed by atoms with van der Waals surface area (Å²) in [6.07, 6.45) is 18.3. The number of amidine groups is 2. The van der Waals surface area contributed by atoms with Gasteiger partial charge in [0.25, 0.3) is 0 Å². The molecule has 6 heteroatoms. The first-order valence-corrected chi connectivity index (χ1v) is 14.7. The average Bonchev–Trinajstić information content (AvgIpc) is 3.29. The fraction of sp³-hybridized carbons (Fsp3) is 0.821. The van der Waals surface area contributed by atoms with Crippen molar-refractivity contribution < 1.29 is 0 Å². The second-order valence-electron chi connectivity index (χ2n) is 10.7. The smallest absolute Gasteiger partial charge is 0.207 e. The van der Waals surface area contributed by atoms with Gasteiger partial charge in [0.2, 0.25) is 6.19 Å². The van der Waals surface area contributed by atoms with Gasteiger partial charge in [0.1, 0.15) is 5.84 Å². The zero-order valence-electron chi connectivity index (χ0n) is 22.6. The van der Waals surface area contributed by atoms with Crippen LogP contribution in [-0.2, 0) is 0 Å². The molecule has 0 aromatic carbocycles. The molecule has 1 rings (SSSR count). The van der Waals surface area contributed by atoms with E-state index >= 15 is 0 Å². The summed E-state index contributed by atoms with van der Waals surface area (Å²) < 4.78 is 0. The van der Waals surface area contributed by atoms with Crippen LogP contribution in [0.15, 0.2) is 21.6 Å². The van der Waals surface area contributed by atoms with Gasteiger partial charge in [-0.2, -0.15) is 22.0 Å². The minimum absolute atomic E-state index is 0.131. The number of nitriles is 1. The third-order valence-electron chi connectivity index (χ3n) is 6.73. The molecule has 1 aliphatic heterocycles. The van der Waals surface area contributed by atoms with Crippen LogP contribution in [0, 0.1) is 29.2 Å². The van der Waals surface area contributed by atoms with Crippen molar-refractivity contribution in [3.8, 4) is 6.19 Å². The molecule has 1 heterocycles. The molecule has 194 valence electrons. The summed E-state index contributed by atoms with van der Waals surface area (Å²) in [6.45, 7) is 12.6. The summed E-state index contributed by atoms with van der Waals surface area (Å²) in [4.78, 5) is 8.20. The van der Waals surface area contributed by atoms with Crippen LogP contribution in [0.1, 0.15) is 105 Å². The third kappa shape index (κ3) is 15.4. The van der Waals surface area contributed by atoms with Crippen LogP contribution in [0.3, 0.4) is 0 Å². The van der Waals surface area contributed by atoms with Crippen LogP contribution < -0.4 is 11.1 Å². The lowest BCUT2D eigenvalue weighted by Gasteiger charge is -2.18. The highest BCUT2D eigenvalue weighted by atomic mass is 32.2. The van der Waals surface area contributed by atoms with Gasteiger partial charge in [-0.3, -0.25) is 4.99 Å². The highest BCUT2D eigenvalue weighted by Crippen LogP contribution is 2.22. The first kappa shape index (κ1) is 30.6. The SMILES string of the molecule is C/C(=C\CSCC(NC1=NCCC1)C(N)=NC#N)CCCC(C)CCCC(C)CCCC(C)C. The van der Waals surface area contributed by atoms with Gasteiger partial charge in [0, 0.05) is 24.5 Å². The van der Waals surface area contributed by atoms with Crippen LogP contribution in [0.4, 0.5) is 0 Å². The van der Waals surface area contributed by atoms with E-state index in [1.165, 1.54) is 63.4 Å². The van der Waals surface area contributed by atoms with Crippen LogP contribution in [0.2, 0.25) is 0 Å². The fourth-order valence-corrected chi connectivity index (χ4v) is 5.42. The molecule has 1 aliphatic rings. The van der Waals surface area contributed by atoms with E-state index in [1.807, 2.05) is 11.8 Å². The first-order valence-electron chi connectivity index (χ1n) is 13.6. The molecule has 34 heavy (non-hydrogen) atoms. The van der Waals surface area contributed by atoms with E-state index in [0.717, 1.165) is 54.5 Å². The minimum Gasteiger partial charge on any atom is -0.385 e. The first-order chi connectivity index (χ1) is 16.3. The Morgan fingerprint density at radius 1 is 1.12 bits per heavy atom. The highest BCUT2D eigenvalue weighted by molar-refractivity contribution is 7.99. The van der Waals surface area contributed by atoms with E-state index < -0.39 is 0 Å². The number of allylic oxidation sites excluding steroid dienone is 1. The quantitative estimate of drug-likeness (QED) is 0.0707. The average molecular weight is 490 g/mol. The second-order valence-corrected chi connectivity index (χ2v) is 11.8. The zero-order valence-corrected chi connectivity index (χ0v) is 23.4. The van der Waals surface area contributed by atoms with Gasteiger partial charge in [-0.25, -0.2) is 0 Å². The van der Waals surface area contributed by atoms with Gasteiger partial charge in [-0.1, -0.05) is 84.3 Å². The molecule has 0 radical (unpaired) electrons. The molecule has 3 unspecified atom stereocenters. The van der Waals surface area contributed by atoms with Crippen molar-refractivity contribution in [3.63, 3.8) is 0 Å². The van der Waals surface area contributed by atoms with Crippen molar-refractivity contribution in [2.45, 2.75) is 111 Å². The number of nitrogens with two attached hydrogens (primary N) is 1. The molecule has 3 atom stereocenters. The maximum absolute atomic E-state index is 8.84. The summed E-state index contributed by atoms with van der Waals surface area (Å²) in [5, 5.41) is 12.2. The Hall–Kier alpha value is -1.48. The molecule has 0 aliphatic carbocycles. The maximum atomic E-state index is 8.84. The molecule has 0 bridgehead atoms. The van der Waals surface area contributed by atoms with Gasteiger partial charge in [0.15, 0.2) is 0 Å². The van der Waals surface area contributed by atoms with E-state index in [2.05, 4.69) is 56.0 Å². The van der Waals surface area contributed by atoms with E-state index in [0.29, 0.717) is 5.84 Å². The van der Waals surface area contributed by atoms with Crippen molar-refractivity contribution in [2.75, 3.05) is 18.1 Å². The maximum Gasteiger partial charge on any atom is 0.207 e. The number of nitrogens with one attached hydrogen (secondary N) is 1. The normalized spacial score (nSPS) is 17.4. The lowest BCUT2D eigenvalue weighted by atomic mass is 9.91. The number of nitrogens with zero attached hydrogens (tertiary/aromatic N) is 3. The number of hydrogen-bond acceptors (Lipinski definition) is 5. The summed E-state index contributed by atoms with van der Waals surface area (Å²) >= 11 is 1.82. The molecule has 0 amide bonds. The van der Waals surface area contributed by atoms with Crippen molar-refractivity contribution >= 4 is 23.4 Å². The monoisotopic (exact) mass is 489 g/mol. The molecule has 3 N–H and O–H groups in total. The van der Waals surface area contributed by atoms with Crippen molar-refractivity contribution in [2.24, 2.45) is 33.5 Å². The van der Waals surface area contributed by atoms with Crippen LogP contribution in [0.25, 0.3) is 0 Å². The molecule has 0 saturated carbocycles. The van der Waals surface area contributed by atoms with E-state index in [1.54, 1.807) is 6.19 Å². The lowest BCUT2D eigenvalue weighted by Crippen LogP contribution is -2.45. The Morgan fingerprint density at radius 3 is 2.35 bits per heavy atom. The highest BCUT2D eigenvalue weighted by Gasteiger charge is 2.17. The standard InChI is InChI=1S/C28H51N5S/c1-22(2)10-6-11-23(3)12-7-13-24(4)14-8-15-25(5)17-19-34-20-26(28(30)32-21-29)33-27-16-9-18-31-27/h17,22-24,26H,6-16,18-20H2,1-5H3,(H2,30,32)(H,31,33)/b25-17+. The Kier molecular flexibility index (Phi) is 16.9.